The molecule has 0 unspecified atom stereocenters. The number of aryl methyl sites for hydroxylation is 1. The maximum Gasteiger partial charge on any atom is 0.135 e. The second-order valence-electron chi connectivity index (χ2n) is 6.97. The van der Waals surface area contributed by atoms with Gasteiger partial charge in [0, 0.05) is 39.3 Å². The lowest BCUT2D eigenvalue weighted by molar-refractivity contribution is 0.589. The number of fused-ring (bicyclic) bond motifs is 1. The van der Waals surface area contributed by atoms with Gasteiger partial charge in [0.2, 0.25) is 0 Å². The predicted octanol–water partition coefficient (Wildman–Crippen LogP) is 6.86. The van der Waals surface area contributed by atoms with E-state index in [0.717, 1.165) is 39.2 Å². The van der Waals surface area contributed by atoms with E-state index in [0.29, 0.717) is 5.69 Å². The number of aromatic nitrogens is 3. The number of hydrogen-bond acceptors (Lipinski definition) is 3. The van der Waals surface area contributed by atoms with Crippen LogP contribution in [0.5, 0.6) is 0 Å². The van der Waals surface area contributed by atoms with Gasteiger partial charge in [-0.15, -0.1) is 11.3 Å². The van der Waals surface area contributed by atoms with Gasteiger partial charge >= 0.3 is 0 Å². The van der Waals surface area contributed by atoms with E-state index in [4.69, 9.17) is 4.98 Å². The van der Waals surface area contributed by atoms with Crippen LogP contribution in [0.15, 0.2) is 67.0 Å². The zero-order valence-corrected chi connectivity index (χ0v) is 16.9. The molecule has 0 radical (unpaired) electrons. The smallest absolute Gasteiger partial charge is 0.135 e. The van der Waals surface area contributed by atoms with E-state index in [1.54, 1.807) is 23.6 Å². The zero-order chi connectivity index (χ0) is 20.7. The first kappa shape index (κ1) is 18.6. The molecule has 3 aromatic heterocycles. The molecule has 2 aromatic carbocycles. The number of pyridine rings is 1. The average Bonchev–Trinajstić information content (AvgIpc) is 3.38. The molecule has 5 aromatic rings. The molecule has 6 heteroatoms. The van der Waals surface area contributed by atoms with Crippen molar-refractivity contribution in [2.45, 2.75) is 13.3 Å². The maximum atomic E-state index is 14.2. The number of benzene rings is 2. The molecule has 148 valence electrons. The summed E-state index contributed by atoms with van der Waals surface area (Å²) in [4.78, 5) is 13.4. The van der Waals surface area contributed by atoms with Crippen molar-refractivity contribution in [1.82, 2.24) is 15.0 Å². The Balaban J connectivity index is 1.60. The van der Waals surface area contributed by atoms with Crippen molar-refractivity contribution in [3.05, 3.63) is 83.5 Å². The molecule has 0 bridgehead atoms. The van der Waals surface area contributed by atoms with Crippen molar-refractivity contribution in [3.8, 4) is 33.1 Å². The van der Waals surface area contributed by atoms with Crippen LogP contribution >= 0.6 is 11.3 Å². The van der Waals surface area contributed by atoms with Crippen molar-refractivity contribution in [1.29, 1.82) is 0 Å². The number of nitrogens with one attached hydrogen (secondary N) is 1. The summed E-state index contributed by atoms with van der Waals surface area (Å²) in [5.41, 5.74) is 4.09. The largest absolute Gasteiger partial charge is 0.354 e. The standard InChI is InChI=1S/C24H17F2N3S/c1-2-21-23(29-24(30-21)15-5-4-10-27-13-15)14-8-9-19-16(11-14)12-20(28-19)22-17(25)6-3-7-18(22)26/h3-13,28H,2H2,1H3. The van der Waals surface area contributed by atoms with Crippen LogP contribution in [-0.4, -0.2) is 15.0 Å². The van der Waals surface area contributed by atoms with Gasteiger partial charge in [-0.05, 0) is 48.9 Å². The van der Waals surface area contributed by atoms with E-state index in [9.17, 15) is 8.78 Å². The molecule has 0 fully saturated rings. The van der Waals surface area contributed by atoms with Gasteiger partial charge in [0.1, 0.15) is 16.6 Å². The fourth-order valence-electron chi connectivity index (χ4n) is 3.60. The third-order valence-corrected chi connectivity index (χ3v) is 6.30. The van der Waals surface area contributed by atoms with Gasteiger partial charge < -0.3 is 4.98 Å². The highest BCUT2D eigenvalue weighted by Gasteiger charge is 2.16. The Morgan fingerprint density at radius 3 is 2.53 bits per heavy atom. The van der Waals surface area contributed by atoms with Crippen LogP contribution in [0.25, 0.3) is 44.0 Å². The van der Waals surface area contributed by atoms with Crippen molar-refractivity contribution < 1.29 is 8.78 Å². The Morgan fingerprint density at radius 2 is 1.80 bits per heavy atom. The minimum Gasteiger partial charge on any atom is -0.354 e. The lowest BCUT2D eigenvalue weighted by atomic mass is 10.1. The number of H-pyrrole nitrogens is 1. The molecule has 0 aliphatic heterocycles. The molecule has 3 heterocycles. The van der Waals surface area contributed by atoms with E-state index in [2.05, 4.69) is 16.9 Å². The van der Waals surface area contributed by atoms with Crippen LogP contribution < -0.4 is 0 Å². The number of thiazole rings is 1. The minimum atomic E-state index is -0.587. The fraction of sp³-hybridized carbons (Fsp3) is 0.0833. The Hall–Kier alpha value is -3.38. The first-order valence-electron chi connectivity index (χ1n) is 9.61. The third kappa shape index (κ3) is 3.19. The van der Waals surface area contributed by atoms with E-state index in [-0.39, 0.29) is 5.56 Å². The SMILES string of the molecule is CCc1sc(-c2cccnc2)nc1-c1ccc2[nH]c(-c3c(F)cccc3F)cc2c1. The van der Waals surface area contributed by atoms with Gasteiger partial charge in [-0.25, -0.2) is 13.8 Å². The highest BCUT2D eigenvalue weighted by Crippen LogP contribution is 2.36. The van der Waals surface area contributed by atoms with E-state index < -0.39 is 11.6 Å². The quantitative estimate of drug-likeness (QED) is 0.347. The van der Waals surface area contributed by atoms with Gasteiger partial charge in [0.15, 0.2) is 0 Å². The van der Waals surface area contributed by atoms with Gasteiger partial charge in [0.25, 0.3) is 0 Å². The van der Waals surface area contributed by atoms with Crippen LogP contribution in [-0.2, 0) is 6.42 Å². The monoisotopic (exact) mass is 417 g/mol. The van der Waals surface area contributed by atoms with Crippen molar-refractivity contribution >= 4 is 22.2 Å². The second kappa shape index (κ2) is 7.46. The molecule has 0 saturated heterocycles. The highest BCUT2D eigenvalue weighted by molar-refractivity contribution is 7.15. The van der Waals surface area contributed by atoms with Crippen LogP contribution in [0, 0.1) is 11.6 Å². The summed E-state index contributed by atoms with van der Waals surface area (Å²) in [6, 6.07) is 15.5. The normalized spacial score (nSPS) is 11.3. The van der Waals surface area contributed by atoms with Crippen molar-refractivity contribution in [3.63, 3.8) is 0 Å². The lowest BCUT2D eigenvalue weighted by Crippen LogP contribution is -1.89. The van der Waals surface area contributed by atoms with E-state index in [1.165, 1.54) is 23.1 Å². The summed E-state index contributed by atoms with van der Waals surface area (Å²) in [6.45, 7) is 2.11. The molecule has 0 aliphatic carbocycles. The summed E-state index contributed by atoms with van der Waals surface area (Å²) in [5.74, 6) is -1.17. The summed E-state index contributed by atoms with van der Waals surface area (Å²) < 4.78 is 28.4. The van der Waals surface area contributed by atoms with Crippen LogP contribution in [0.4, 0.5) is 8.78 Å². The van der Waals surface area contributed by atoms with Gasteiger partial charge in [0.05, 0.1) is 17.0 Å². The zero-order valence-electron chi connectivity index (χ0n) is 16.1. The molecular weight excluding hydrogens is 400 g/mol. The maximum absolute atomic E-state index is 14.2. The van der Waals surface area contributed by atoms with Gasteiger partial charge in [-0.1, -0.05) is 19.1 Å². The minimum absolute atomic E-state index is 0.0444. The average molecular weight is 417 g/mol. The number of aromatic amines is 1. The Labute approximate surface area is 176 Å². The number of hydrogen-bond donors (Lipinski definition) is 1. The van der Waals surface area contributed by atoms with Crippen molar-refractivity contribution in [2.75, 3.05) is 0 Å². The summed E-state index contributed by atoms with van der Waals surface area (Å²) >= 11 is 1.66. The lowest BCUT2D eigenvalue weighted by Gasteiger charge is -2.01. The molecule has 3 nitrogen and oxygen atoms in total. The molecule has 0 spiro atoms. The molecular formula is C24H17F2N3S. The number of rotatable bonds is 4. The van der Waals surface area contributed by atoms with Crippen LogP contribution in [0.3, 0.4) is 0 Å². The molecule has 0 amide bonds. The van der Waals surface area contributed by atoms with Crippen LogP contribution in [0.1, 0.15) is 11.8 Å². The first-order valence-corrected chi connectivity index (χ1v) is 10.4. The predicted molar refractivity (Wildman–Crippen MR) is 117 cm³/mol. The number of halogens is 2. The van der Waals surface area contributed by atoms with Gasteiger partial charge in [-0.3, -0.25) is 4.98 Å². The number of nitrogens with zero attached hydrogens (tertiary/aromatic N) is 2. The molecule has 0 atom stereocenters. The highest BCUT2D eigenvalue weighted by atomic mass is 32.1. The topological polar surface area (TPSA) is 41.6 Å². The molecule has 0 aliphatic rings. The van der Waals surface area contributed by atoms with Gasteiger partial charge in [-0.2, -0.15) is 0 Å². The first-order chi connectivity index (χ1) is 14.6. The summed E-state index contributed by atoms with van der Waals surface area (Å²) in [5, 5.41) is 1.81. The van der Waals surface area contributed by atoms with E-state index >= 15 is 0 Å². The summed E-state index contributed by atoms with van der Waals surface area (Å²) in [7, 11) is 0. The van der Waals surface area contributed by atoms with Crippen LogP contribution in [0.2, 0.25) is 0 Å². The molecule has 0 saturated carbocycles. The Kier molecular flexibility index (Phi) is 4.64. The molecule has 5 rings (SSSR count). The fourth-order valence-corrected chi connectivity index (χ4v) is 4.61. The Bertz CT molecular complexity index is 1340. The Morgan fingerprint density at radius 1 is 0.967 bits per heavy atom. The van der Waals surface area contributed by atoms with E-state index in [1.807, 2.05) is 36.5 Å². The molecule has 30 heavy (non-hydrogen) atoms. The summed E-state index contributed by atoms with van der Waals surface area (Å²) in [6.07, 6.45) is 4.42. The van der Waals surface area contributed by atoms with Crippen molar-refractivity contribution in [2.24, 2.45) is 0 Å². The molecule has 1 N–H and O–H groups in total. The second-order valence-corrected chi connectivity index (χ2v) is 8.05. The third-order valence-electron chi connectivity index (χ3n) is 5.05.